The normalized spacial score (nSPS) is 10.6. The van der Waals surface area contributed by atoms with Crippen LogP contribution in [0.15, 0.2) is 24.4 Å². The summed E-state index contributed by atoms with van der Waals surface area (Å²) in [6.07, 6.45) is 1.77. The topological polar surface area (TPSA) is 87.3 Å². The zero-order valence-electron chi connectivity index (χ0n) is 10.4. The monoisotopic (exact) mass is 263 g/mol. The second-order valence-corrected chi connectivity index (χ2v) is 3.92. The summed E-state index contributed by atoms with van der Waals surface area (Å²) < 4.78 is 6.47. The van der Waals surface area contributed by atoms with Crippen LogP contribution in [0.5, 0.6) is 0 Å². The Balaban J connectivity index is 2.17. The Hall–Kier alpha value is -2.44. The molecule has 7 nitrogen and oxygen atoms in total. The number of ether oxygens (including phenoxy) is 1. The Labute approximate surface area is 108 Å². The molecule has 0 fully saturated rings. The van der Waals surface area contributed by atoms with E-state index < -0.39 is 4.92 Å². The van der Waals surface area contributed by atoms with Crippen LogP contribution in [-0.2, 0) is 16.1 Å². The van der Waals surface area contributed by atoms with Crippen LogP contribution in [-0.4, -0.2) is 27.3 Å². The van der Waals surface area contributed by atoms with Gasteiger partial charge < -0.3 is 4.74 Å². The number of carbonyl (C=O) groups excluding carboxylic acids is 1. The van der Waals surface area contributed by atoms with Crippen LogP contribution >= 0.6 is 0 Å². The average Bonchev–Trinajstić information content (AvgIpc) is 2.79. The molecule has 7 heteroatoms. The Morgan fingerprint density at radius 3 is 3.00 bits per heavy atom. The molecule has 0 aliphatic heterocycles. The predicted octanol–water partition coefficient (Wildman–Crippen LogP) is 1.90. The molecule has 2 rings (SSSR count). The highest BCUT2D eigenvalue weighted by Gasteiger charge is 2.10. The second kappa shape index (κ2) is 5.47. The molecule has 1 heterocycles. The van der Waals surface area contributed by atoms with Crippen LogP contribution in [0.1, 0.15) is 13.3 Å². The zero-order valence-corrected chi connectivity index (χ0v) is 10.4. The summed E-state index contributed by atoms with van der Waals surface area (Å²) in [6.45, 7) is 2.49. The van der Waals surface area contributed by atoms with Crippen LogP contribution < -0.4 is 0 Å². The molecule has 0 N–H and O–H groups in total. The van der Waals surface area contributed by atoms with E-state index in [1.807, 2.05) is 0 Å². The van der Waals surface area contributed by atoms with Gasteiger partial charge in [-0.1, -0.05) is 0 Å². The molecule has 19 heavy (non-hydrogen) atoms. The molecule has 1 aromatic carbocycles. The molecule has 0 radical (unpaired) electrons. The van der Waals surface area contributed by atoms with E-state index in [2.05, 4.69) is 5.10 Å². The molecule has 0 atom stereocenters. The van der Waals surface area contributed by atoms with Gasteiger partial charge in [-0.25, -0.2) is 0 Å². The minimum atomic E-state index is -0.449. The van der Waals surface area contributed by atoms with Crippen molar-refractivity contribution in [2.24, 2.45) is 0 Å². The molecule has 0 aliphatic rings. The first-order valence-corrected chi connectivity index (χ1v) is 5.87. The first kappa shape index (κ1) is 13.0. The fourth-order valence-corrected chi connectivity index (χ4v) is 1.80. The van der Waals surface area contributed by atoms with Gasteiger partial charge in [0.15, 0.2) is 0 Å². The number of nitro groups is 1. The Kier molecular flexibility index (Phi) is 3.74. The van der Waals surface area contributed by atoms with Gasteiger partial charge in [0.2, 0.25) is 0 Å². The molecule has 0 amide bonds. The van der Waals surface area contributed by atoms with E-state index >= 15 is 0 Å². The van der Waals surface area contributed by atoms with Crippen LogP contribution in [0.2, 0.25) is 0 Å². The lowest BCUT2D eigenvalue weighted by molar-refractivity contribution is -0.384. The standard InChI is InChI=1S/C12H13N3O4/c1-2-19-12(16)5-6-14-11-4-3-10(15(17)18)7-9(11)8-13-14/h3-4,7-8H,2,5-6H2,1H3. The maximum Gasteiger partial charge on any atom is 0.307 e. The summed E-state index contributed by atoms with van der Waals surface area (Å²) in [4.78, 5) is 21.5. The molecule has 0 saturated carbocycles. The van der Waals surface area contributed by atoms with Crippen molar-refractivity contribution in [3.63, 3.8) is 0 Å². The molecule has 2 aromatic rings. The van der Waals surface area contributed by atoms with Gasteiger partial charge in [0.1, 0.15) is 0 Å². The number of nitro benzene ring substituents is 1. The highest BCUT2D eigenvalue weighted by Crippen LogP contribution is 2.20. The van der Waals surface area contributed by atoms with Gasteiger partial charge in [-0.2, -0.15) is 5.10 Å². The van der Waals surface area contributed by atoms with Crippen molar-refractivity contribution in [1.29, 1.82) is 0 Å². The Bertz CT molecular complexity index is 620. The van der Waals surface area contributed by atoms with Gasteiger partial charge in [0.05, 0.1) is 36.2 Å². The number of carbonyl (C=O) groups is 1. The van der Waals surface area contributed by atoms with Crippen molar-refractivity contribution in [1.82, 2.24) is 9.78 Å². The highest BCUT2D eigenvalue weighted by atomic mass is 16.6. The van der Waals surface area contributed by atoms with Crippen LogP contribution in [0, 0.1) is 10.1 Å². The minimum Gasteiger partial charge on any atom is -0.466 e. The number of benzene rings is 1. The van der Waals surface area contributed by atoms with Crippen molar-refractivity contribution in [3.05, 3.63) is 34.5 Å². The molecule has 100 valence electrons. The molecular formula is C12H13N3O4. The first-order chi connectivity index (χ1) is 9.11. The quantitative estimate of drug-likeness (QED) is 0.467. The predicted molar refractivity (Wildman–Crippen MR) is 67.6 cm³/mol. The summed E-state index contributed by atoms with van der Waals surface area (Å²) in [5.41, 5.74) is 0.785. The molecule has 0 spiro atoms. The number of nitrogens with zero attached hydrogens (tertiary/aromatic N) is 3. The molecular weight excluding hydrogens is 250 g/mol. The second-order valence-electron chi connectivity index (χ2n) is 3.92. The van der Waals surface area contributed by atoms with Crippen molar-refractivity contribution < 1.29 is 14.5 Å². The van der Waals surface area contributed by atoms with Crippen LogP contribution in [0.25, 0.3) is 10.9 Å². The van der Waals surface area contributed by atoms with E-state index in [1.54, 1.807) is 23.9 Å². The first-order valence-electron chi connectivity index (χ1n) is 5.87. The van der Waals surface area contributed by atoms with Crippen LogP contribution in [0.4, 0.5) is 5.69 Å². The van der Waals surface area contributed by atoms with E-state index in [9.17, 15) is 14.9 Å². The van der Waals surface area contributed by atoms with Crippen molar-refractivity contribution in [3.8, 4) is 0 Å². The lowest BCUT2D eigenvalue weighted by atomic mass is 10.2. The SMILES string of the molecule is CCOC(=O)CCn1ncc2cc([N+](=O)[O-])ccc21. The molecule has 1 aromatic heterocycles. The van der Waals surface area contributed by atoms with Gasteiger partial charge in [0.25, 0.3) is 5.69 Å². The van der Waals surface area contributed by atoms with E-state index in [-0.39, 0.29) is 18.1 Å². The van der Waals surface area contributed by atoms with Crippen molar-refractivity contribution >= 4 is 22.6 Å². The number of fused-ring (bicyclic) bond motifs is 1. The van der Waals surface area contributed by atoms with Crippen LogP contribution in [0.3, 0.4) is 0 Å². The van der Waals surface area contributed by atoms with E-state index in [0.717, 1.165) is 5.52 Å². The Morgan fingerprint density at radius 2 is 2.32 bits per heavy atom. The maximum atomic E-state index is 11.3. The van der Waals surface area contributed by atoms with Crippen molar-refractivity contribution in [2.45, 2.75) is 19.9 Å². The van der Waals surface area contributed by atoms with E-state index in [4.69, 9.17) is 4.74 Å². The third-order valence-electron chi connectivity index (χ3n) is 2.67. The average molecular weight is 263 g/mol. The highest BCUT2D eigenvalue weighted by molar-refractivity contribution is 5.81. The van der Waals surface area contributed by atoms with Crippen molar-refractivity contribution in [2.75, 3.05) is 6.61 Å². The summed E-state index contributed by atoms with van der Waals surface area (Å²) >= 11 is 0. The minimum absolute atomic E-state index is 0.0254. The van der Waals surface area contributed by atoms with E-state index in [1.165, 1.54) is 12.1 Å². The number of hydrogen-bond donors (Lipinski definition) is 0. The number of non-ortho nitro benzene ring substituents is 1. The zero-order chi connectivity index (χ0) is 13.8. The Morgan fingerprint density at radius 1 is 1.53 bits per heavy atom. The lowest BCUT2D eigenvalue weighted by Gasteiger charge is -2.03. The third-order valence-corrected chi connectivity index (χ3v) is 2.67. The number of hydrogen-bond acceptors (Lipinski definition) is 5. The number of esters is 1. The molecule has 0 aliphatic carbocycles. The third kappa shape index (κ3) is 2.87. The van der Waals surface area contributed by atoms with Gasteiger partial charge >= 0.3 is 5.97 Å². The number of aryl methyl sites for hydroxylation is 1. The number of rotatable bonds is 5. The maximum absolute atomic E-state index is 11.3. The lowest BCUT2D eigenvalue weighted by Crippen LogP contribution is -2.09. The largest absolute Gasteiger partial charge is 0.466 e. The van der Waals surface area contributed by atoms with Gasteiger partial charge in [-0.3, -0.25) is 19.6 Å². The molecule has 0 unspecified atom stereocenters. The fourth-order valence-electron chi connectivity index (χ4n) is 1.80. The molecule has 0 bridgehead atoms. The smallest absolute Gasteiger partial charge is 0.307 e. The van der Waals surface area contributed by atoms with Gasteiger partial charge in [-0.05, 0) is 13.0 Å². The molecule has 0 saturated heterocycles. The van der Waals surface area contributed by atoms with E-state index in [0.29, 0.717) is 18.5 Å². The number of aromatic nitrogens is 2. The summed E-state index contributed by atoms with van der Waals surface area (Å²) in [5.74, 6) is -0.284. The van der Waals surface area contributed by atoms with Gasteiger partial charge in [0, 0.05) is 17.5 Å². The summed E-state index contributed by atoms with van der Waals surface area (Å²) in [6, 6.07) is 4.51. The summed E-state index contributed by atoms with van der Waals surface area (Å²) in [5, 5.41) is 15.4. The fraction of sp³-hybridized carbons (Fsp3) is 0.333. The van der Waals surface area contributed by atoms with Gasteiger partial charge in [-0.15, -0.1) is 0 Å². The summed E-state index contributed by atoms with van der Waals surface area (Å²) in [7, 11) is 0.